The Hall–Kier alpha value is -3.99. The van der Waals surface area contributed by atoms with Crippen LogP contribution in [0, 0.1) is 33.8 Å². The number of rotatable bonds is 15. The fourth-order valence-corrected chi connectivity index (χ4v) is 9.72. The van der Waals surface area contributed by atoms with Crippen LogP contribution in [0.3, 0.4) is 0 Å². The van der Waals surface area contributed by atoms with Crippen LogP contribution in [0.2, 0.25) is 0 Å². The van der Waals surface area contributed by atoms with E-state index in [4.69, 9.17) is 23.8 Å². The van der Waals surface area contributed by atoms with Gasteiger partial charge in [-0.1, -0.05) is 50.2 Å². The van der Waals surface area contributed by atoms with E-state index in [-0.39, 0.29) is 37.3 Å². The molecular formula is C46H73N7O13. The second-order valence-electron chi connectivity index (χ2n) is 19.1. The van der Waals surface area contributed by atoms with Crippen LogP contribution in [0.25, 0.3) is 0 Å². The van der Waals surface area contributed by atoms with Gasteiger partial charge in [0.15, 0.2) is 12.1 Å². The highest BCUT2D eigenvalue weighted by Crippen LogP contribution is 2.39. The van der Waals surface area contributed by atoms with Gasteiger partial charge in [-0.25, -0.2) is 4.68 Å². The van der Waals surface area contributed by atoms with Crippen molar-refractivity contribution >= 4 is 23.2 Å². The molecule has 3 aliphatic rings. The number of cyclic esters (lactones) is 1. The third-order valence-electron chi connectivity index (χ3n) is 14.1. The summed E-state index contributed by atoms with van der Waals surface area (Å²) in [4.78, 5) is 46.8. The van der Waals surface area contributed by atoms with Crippen LogP contribution in [-0.4, -0.2) is 163 Å². The van der Waals surface area contributed by atoms with E-state index in [1.807, 2.05) is 25.8 Å². The number of carbonyl (C=O) groups is 2. The van der Waals surface area contributed by atoms with E-state index in [0.29, 0.717) is 43.8 Å². The molecule has 3 aliphatic heterocycles. The molecular weight excluding hydrogens is 859 g/mol. The maximum Gasteiger partial charge on any atom is 0.316 e. The van der Waals surface area contributed by atoms with Gasteiger partial charge < -0.3 is 54.4 Å². The number of aliphatic hydroxyl groups is 4. The number of ketones is 1. The van der Waals surface area contributed by atoms with Crippen molar-refractivity contribution in [2.24, 2.45) is 28.8 Å². The fraction of sp³-hybridized carbons (Fsp3) is 0.761. The van der Waals surface area contributed by atoms with Crippen molar-refractivity contribution in [1.82, 2.24) is 25.2 Å². The monoisotopic (exact) mass is 932 g/mol. The smallest absolute Gasteiger partial charge is 0.316 e. The van der Waals surface area contributed by atoms with Crippen molar-refractivity contribution in [3.8, 4) is 0 Å². The van der Waals surface area contributed by atoms with Crippen LogP contribution in [0.5, 0.6) is 0 Å². The van der Waals surface area contributed by atoms with Gasteiger partial charge in [0.05, 0.1) is 52.9 Å². The normalized spacial score (nSPS) is 36.3. The Morgan fingerprint density at radius 1 is 1.12 bits per heavy atom. The van der Waals surface area contributed by atoms with Crippen molar-refractivity contribution in [1.29, 1.82) is 0 Å². The molecule has 1 aromatic carbocycles. The molecule has 0 spiro atoms. The number of nitro benzene ring substituents is 1. The Labute approximate surface area is 387 Å². The molecule has 2 aromatic rings. The molecule has 0 radical (unpaired) electrons. The molecule has 3 saturated heterocycles. The molecule has 66 heavy (non-hydrogen) atoms. The number of oxime groups is 1. The summed E-state index contributed by atoms with van der Waals surface area (Å²) in [6, 6.07) is 5.24. The lowest BCUT2D eigenvalue weighted by atomic mass is 9.74. The number of non-ortho nitro benzene ring substituents is 1. The maximum absolute atomic E-state index is 14.4. The number of likely N-dealkylation sites (N-methyl/N-ethyl adjacent to an activating group) is 1. The van der Waals surface area contributed by atoms with E-state index in [2.05, 4.69) is 20.8 Å². The Morgan fingerprint density at radius 3 is 2.42 bits per heavy atom. The summed E-state index contributed by atoms with van der Waals surface area (Å²) >= 11 is 0. The minimum absolute atomic E-state index is 0.0200. The molecule has 5 rings (SSSR count). The highest BCUT2D eigenvalue weighted by molar-refractivity contribution is 6.00. The summed E-state index contributed by atoms with van der Waals surface area (Å²) in [5.41, 5.74) is -1.36. The van der Waals surface area contributed by atoms with Gasteiger partial charge in [0.2, 0.25) is 0 Å². The molecule has 0 saturated carbocycles. The standard InChI is InChI=1S/C46H73N7O13/c1-11-37-46(8,59)41(57)28(4)38(49-66-35-16-18-47-23-35)26(2)22-45(7,62-10)42(29(5)39(55)30(6)43(58)64-37)65-44-40(56)36(20-27(3)63-44)51(9)19-17-32-24-52(50-48-32)34(25-54)21-31-12-14-33(15-13-31)53(60)61/h12-15,24,26-30,34-37,40-42,44,47,54,56-57,59H,11,16-23,25H2,1-10H3/t26-,27-,28+,29+,30-,34?,35-,36+,37-,40-,41-,42-,44+,45-,46-/m1/s1. The first kappa shape index (κ1) is 53.0. The van der Waals surface area contributed by atoms with Crippen molar-refractivity contribution in [3.63, 3.8) is 0 Å². The minimum atomic E-state index is -1.93. The third-order valence-corrected chi connectivity index (χ3v) is 14.1. The Kier molecular flexibility index (Phi) is 18.4. The molecule has 0 bridgehead atoms. The minimum Gasteiger partial charge on any atom is -0.459 e. The van der Waals surface area contributed by atoms with E-state index >= 15 is 0 Å². The lowest BCUT2D eigenvalue weighted by Crippen LogP contribution is -2.60. The second kappa shape index (κ2) is 22.9. The molecule has 1 unspecified atom stereocenters. The summed E-state index contributed by atoms with van der Waals surface area (Å²) < 4.78 is 26.8. The van der Waals surface area contributed by atoms with Crippen molar-refractivity contribution < 1.29 is 58.7 Å². The summed E-state index contributed by atoms with van der Waals surface area (Å²) in [7, 11) is 3.38. The van der Waals surface area contributed by atoms with Gasteiger partial charge in [-0.3, -0.25) is 19.7 Å². The van der Waals surface area contributed by atoms with Crippen molar-refractivity contribution in [3.05, 3.63) is 51.8 Å². The van der Waals surface area contributed by atoms with E-state index in [0.717, 1.165) is 18.5 Å². The lowest BCUT2D eigenvalue weighted by molar-refractivity contribution is -0.384. The lowest BCUT2D eigenvalue weighted by Gasteiger charge is -2.47. The van der Waals surface area contributed by atoms with Gasteiger partial charge in [-0.2, -0.15) is 0 Å². The fourth-order valence-electron chi connectivity index (χ4n) is 9.72. The van der Waals surface area contributed by atoms with Gasteiger partial charge in [0.25, 0.3) is 5.69 Å². The molecule has 20 heteroatoms. The Bertz CT molecular complexity index is 1940. The van der Waals surface area contributed by atoms with Crippen LogP contribution < -0.4 is 5.32 Å². The summed E-state index contributed by atoms with van der Waals surface area (Å²) in [6.07, 6.45) is -2.65. The highest BCUT2D eigenvalue weighted by Gasteiger charge is 2.52. The number of ether oxygens (including phenoxy) is 4. The van der Waals surface area contributed by atoms with Crippen LogP contribution >= 0.6 is 0 Å². The number of nitrogens with zero attached hydrogens (tertiary/aromatic N) is 6. The SMILES string of the molecule is CC[C@H]1OC(=O)[C@H](C)C(=O)[C@H](C)[C@@H](O[C@@H]2O[C@H](C)C[C@H](N(C)CCc3cn(C(CO)Cc4ccc([N+](=O)[O-])cc4)nn3)[C@H]2O)[C@](C)(OC)C[C@@H](C)C(=NO[C@@H]2CCNC2)[C@H](C)[C@@H](O)[C@]1(C)O. The van der Waals surface area contributed by atoms with Gasteiger partial charge >= 0.3 is 5.97 Å². The first-order valence-electron chi connectivity index (χ1n) is 23.2. The number of nitro groups is 1. The molecule has 0 aliphatic carbocycles. The summed E-state index contributed by atoms with van der Waals surface area (Å²) in [5.74, 6) is -4.95. The number of esters is 1. The molecule has 0 amide bonds. The quantitative estimate of drug-likeness (QED) is 0.0744. The highest BCUT2D eigenvalue weighted by atomic mass is 16.7. The predicted molar refractivity (Wildman–Crippen MR) is 241 cm³/mol. The van der Waals surface area contributed by atoms with Crippen LogP contribution in [0.4, 0.5) is 5.69 Å². The molecule has 5 N–H and O–H groups in total. The van der Waals surface area contributed by atoms with Crippen LogP contribution in [-0.2, 0) is 46.2 Å². The average Bonchev–Trinajstić information content (AvgIpc) is 4.01. The summed E-state index contributed by atoms with van der Waals surface area (Å²) in [5, 5.41) is 73.5. The first-order chi connectivity index (χ1) is 31.1. The van der Waals surface area contributed by atoms with Gasteiger partial charge in [0.1, 0.15) is 29.8 Å². The average molecular weight is 932 g/mol. The number of nitrogens with one attached hydrogen (secondary N) is 1. The molecule has 4 heterocycles. The molecule has 3 fully saturated rings. The van der Waals surface area contributed by atoms with Gasteiger partial charge in [-0.15, -0.1) is 5.10 Å². The number of aliphatic hydroxyl groups excluding tert-OH is 3. The van der Waals surface area contributed by atoms with E-state index in [1.54, 1.807) is 50.7 Å². The first-order valence-corrected chi connectivity index (χ1v) is 23.2. The number of Topliss-reactive ketones (excluding diaryl/α,β-unsaturated/α-hetero) is 1. The number of benzene rings is 1. The summed E-state index contributed by atoms with van der Waals surface area (Å²) in [6.45, 7) is 15.1. The largest absolute Gasteiger partial charge is 0.459 e. The number of methoxy groups -OCH3 is 1. The molecule has 15 atom stereocenters. The van der Waals surface area contributed by atoms with Crippen molar-refractivity contribution in [2.45, 2.75) is 160 Å². The number of hydrogen-bond acceptors (Lipinski definition) is 18. The Morgan fingerprint density at radius 2 is 1.82 bits per heavy atom. The second-order valence-corrected chi connectivity index (χ2v) is 19.1. The molecule has 1 aromatic heterocycles. The third kappa shape index (κ3) is 12.4. The van der Waals surface area contributed by atoms with Crippen LogP contribution in [0.1, 0.15) is 98.4 Å². The molecule has 370 valence electrons. The molecule has 20 nitrogen and oxygen atoms in total. The van der Waals surface area contributed by atoms with Crippen molar-refractivity contribution in [2.75, 3.05) is 40.4 Å². The number of aromatic nitrogens is 3. The van der Waals surface area contributed by atoms with E-state index in [1.165, 1.54) is 33.1 Å². The van der Waals surface area contributed by atoms with Crippen LogP contribution in [0.15, 0.2) is 35.6 Å². The van der Waals surface area contributed by atoms with Gasteiger partial charge in [0, 0.05) is 75.2 Å². The van der Waals surface area contributed by atoms with Gasteiger partial charge in [-0.05, 0) is 72.5 Å². The Balaban J connectivity index is 1.38. The maximum atomic E-state index is 14.4. The topological polar surface area (TPSA) is 263 Å². The zero-order valence-corrected chi connectivity index (χ0v) is 40.1. The number of carbonyl (C=O) groups excluding carboxylic acids is 2. The van der Waals surface area contributed by atoms with E-state index < -0.39 is 94.3 Å². The van der Waals surface area contributed by atoms with E-state index in [9.17, 15) is 40.1 Å². The number of hydrogen-bond donors (Lipinski definition) is 5. The zero-order chi connectivity index (χ0) is 48.7. The zero-order valence-electron chi connectivity index (χ0n) is 40.1. The predicted octanol–water partition coefficient (Wildman–Crippen LogP) is 2.78.